The Morgan fingerprint density at radius 3 is 1.30 bits per heavy atom. The summed E-state index contributed by atoms with van der Waals surface area (Å²) < 4.78 is 6.59. The van der Waals surface area contributed by atoms with E-state index in [-0.39, 0.29) is 94.6 Å². The summed E-state index contributed by atoms with van der Waals surface area (Å²) in [5, 5.41) is 45.5. The van der Waals surface area contributed by atoms with Gasteiger partial charge in [-0.25, -0.2) is 24.4 Å². The van der Waals surface area contributed by atoms with Crippen molar-refractivity contribution >= 4 is 145 Å². The summed E-state index contributed by atoms with van der Waals surface area (Å²) >= 11 is 47.5. The van der Waals surface area contributed by atoms with E-state index in [1.807, 2.05) is 6.07 Å². The lowest BCUT2D eigenvalue weighted by molar-refractivity contribution is 0.112. The molecule has 5 aromatic heterocycles. The van der Waals surface area contributed by atoms with Gasteiger partial charge in [0.05, 0.1) is 27.9 Å². The van der Waals surface area contributed by atoms with E-state index in [4.69, 9.17) is 137 Å². The van der Waals surface area contributed by atoms with Crippen molar-refractivity contribution in [3.63, 3.8) is 0 Å². The van der Waals surface area contributed by atoms with Gasteiger partial charge < -0.3 is 22.9 Å². The number of hydrogen-bond acceptors (Lipinski definition) is 18. The molecule has 0 saturated heterocycles. The number of nitrogens with zero attached hydrogens (tertiary/aromatic N) is 13. The standard InChI is InChI=1S/C16H15Cl2N5O2.C16H11Cl2N5O2.C10H4Cl2N2.C7H4Cl2O.C6H9N3O2.C3H2N2.2CH4/c2*1-22-14-12(15(24)23(2)16(22)25)11(9(6-19)13(20)21-14)8-5-7(17)3-4-10(8)18;11-9-1-2-10(12)8(4-9)3-7(5-13)6-14;8-6-1-2-7(9)5(3-6)4-10;1-8-4(7)3-5(10)9(2)6(8)11;4-2-1-3-5;;/h3-5H,6,19H2,1-2H3,(H2,20,21);3-5H,1-2H3,(H2,20,21);1-4H;1-4H;3H,7H2,1-2H3;1H2;2*1H4. The van der Waals surface area contributed by atoms with Crippen LogP contribution in [-0.2, 0) is 48.8 Å². The van der Waals surface area contributed by atoms with Gasteiger partial charge in [0, 0.05) is 123 Å². The van der Waals surface area contributed by atoms with E-state index in [1.165, 1.54) is 80.3 Å². The highest BCUT2D eigenvalue weighted by atomic mass is 35.5. The maximum atomic E-state index is 12.8. The fourth-order valence-electron chi connectivity index (χ4n) is 7.77. The molecule has 0 amide bonds. The minimum atomic E-state index is -0.604. The molecule has 92 heavy (non-hydrogen) atoms. The smallest absolute Gasteiger partial charge is 0.332 e. The highest BCUT2D eigenvalue weighted by Crippen LogP contribution is 2.39. The van der Waals surface area contributed by atoms with Gasteiger partial charge in [0.25, 0.3) is 16.7 Å². The van der Waals surface area contributed by atoms with Crippen molar-refractivity contribution in [2.75, 3.05) is 17.2 Å². The monoisotopic (exact) mass is 1400 g/mol. The first-order chi connectivity index (χ1) is 42.4. The lowest BCUT2D eigenvalue weighted by Crippen LogP contribution is -2.38. The molecule has 0 spiro atoms. The molecule has 0 radical (unpaired) electrons. The number of halogens is 8. The van der Waals surface area contributed by atoms with E-state index in [0.29, 0.717) is 74.8 Å². The number of allylic oxidation sites excluding steroid dienone is 1. The molecule has 0 atom stereocenters. The summed E-state index contributed by atoms with van der Waals surface area (Å²) in [5.74, 6) is 0.201. The number of rotatable bonds is 5. The molecule has 4 aromatic carbocycles. The first-order valence-corrected chi connectivity index (χ1v) is 27.9. The van der Waals surface area contributed by atoms with Gasteiger partial charge in [-0.05, 0) is 84.4 Å². The van der Waals surface area contributed by atoms with Crippen LogP contribution in [0.15, 0.2) is 113 Å². The Balaban J connectivity index is 0.000000400. The maximum absolute atomic E-state index is 12.8. The van der Waals surface area contributed by atoms with Crippen LogP contribution in [-0.4, -0.2) is 43.7 Å². The molecular weight excluding hydrogens is 1350 g/mol. The van der Waals surface area contributed by atoms with Crippen molar-refractivity contribution in [2.45, 2.75) is 27.8 Å². The zero-order valence-electron chi connectivity index (χ0n) is 47.6. The molecule has 32 heteroatoms. The van der Waals surface area contributed by atoms with Crippen molar-refractivity contribution in [3.8, 4) is 52.6 Å². The van der Waals surface area contributed by atoms with Crippen LogP contribution < -0.4 is 56.7 Å². The number of carbonyl (C=O) groups is 1. The number of anilines is 3. The van der Waals surface area contributed by atoms with Crippen LogP contribution in [0, 0.1) is 56.7 Å². The Hall–Kier alpha value is -9.72. The lowest BCUT2D eigenvalue weighted by atomic mass is 9.97. The average molecular weight is 1410 g/mol. The fraction of sp³-hybridized carbons (Fsp3) is 0.167. The van der Waals surface area contributed by atoms with Crippen molar-refractivity contribution < 1.29 is 4.79 Å². The predicted molar refractivity (Wildman–Crippen MR) is 365 cm³/mol. The molecule has 0 aliphatic rings. The number of nitrogens with two attached hydrogens (primary N) is 4. The zero-order valence-corrected chi connectivity index (χ0v) is 53.6. The second-order valence-corrected chi connectivity index (χ2v) is 21.4. The molecule has 0 unspecified atom stereocenters. The largest absolute Gasteiger partial charge is 0.385 e. The summed E-state index contributed by atoms with van der Waals surface area (Å²) in [7, 11) is 8.64. The van der Waals surface area contributed by atoms with Gasteiger partial charge in [0.2, 0.25) is 0 Å². The number of aryl methyl sites for hydroxylation is 2. The summed E-state index contributed by atoms with van der Waals surface area (Å²) in [4.78, 5) is 90.4. The van der Waals surface area contributed by atoms with E-state index < -0.39 is 28.2 Å². The Morgan fingerprint density at radius 2 is 0.902 bits per heavy atom. The second-order valence-electron chi connectivity index (χ2n) is 18.0. The van der Waals surface area contributed by atoms with Crippen molar-refractivity contribution in [1.82, 2.24) is 37.4 Å². The molecule has 0 bridgehead atoms. The van der Waals surface area contributed by atoms with E-state index in [0.717, 1.165) is 13.7 Å². The molecule has 24 nitrogen and oxygen atoms in total. The second kappa shape index (κ2) is 35.0. The van der Waals surface area contributed by atoms with Crippen LogP contribution in [0.25, 0.3) is 50.4 Å². The first-order valence-electron chi connectivity index (χ1n) is 24.8. The molecule has 9 rings (SSSR count). The molecule has 0 fully saturated rings. The van der Waals surface area contributed by atoms with Gasteiger partial charge in [-0.3, -0.25) is 46.6 Å². The van der Waals surface area contributed by atoms with Gasteiger partial charge in [0.1, 0.15) is 53.2 Å². The maximum Gasteiger partial charge on any atom is 0.332 e. The van der Waals surface area contributed by atoms with E-state index in [2.05, 4.69) is 9.97 Å². The van der Waals surface area contributed by atoms with Gasteiger partial charge >= 0.3 is 17.1 Å². The number of aromatic nitrogens is 8. The highest BCUT2D eigenvalue weighted by Gasteiger charge is 2.25. The normalized spacial score (nSPS) is 9.76. The third-order valence-electron chi connectivity index (χ3n) is 12.4. The van der Waals surface area contributed by atoms with Gasteiger partial charge in [-0.15, -0.1) is 0 Å². The third-order valence-corrected chi connectivity index (χ3v) is 14.6. The van der Waals surface area contributed by atoms with Crippen LogP contribution in [0.2, 0.25) is 40.2 Å². The van der Waals surface area contributed by atoms with E-state index in [9.17, 15) is 38.8 Å². The van der Waals surface area contributed by atoms with Gasteiger partial charge in [-0.1, -0.05) is 108 Å². The predicted octanol–water partition coefficient (Wildman–Crippen LogP) is 10.3. The van der Waals surface area contributed by atoms with Crippen molar-refractivity contribution in [1.29, 1.82) is 26.3 Å². The number of nitrogen functional groups attached to an aromatic ring is 3. The third kappa shape index (κ3) is 18.2. The first kappa shape index (κ1) is 78.4. The SMILES string of the molecule is C.C.Cn1c(=O)c2c(-c3cc(Cl)ccc3Cl)c(C#N)c(N)nc2n(C)c1=O.Cn1c(=O)c2c(-c3cc(Cl)ccc3Cl)c(CN)c(N)nc2n(C)c1=O.Cn1c(N)cc(=O)n(C)c1=O.N#CC(C#N)=Cc1cc(Cl)ccc1Cl.N#CCC#N.O=Cc1cc(Cl)ccc1Cl. The Morgan fingerprint density at radius 1 is 0.511 bits per heavy atom. The summed E-state index contributed by atoms with van der Waals surface area (Å²) in [6.07, 6.45) is 2.07. The molecule has 476 valence electrons. The van der Waals surface area contributed by atoms with Crippen molar-refractivity contribution in [2.24, 2.45) is 48.0 Å². The fourth-order valence-corrected chi connectivity index (χ4v) is 9.24. The van der Waals surface area contributed by atoms with Crippen LogP contribution in [0.1, 0.15) is 48.3 Å². The van der Waals surface area contributed by atoms with Gasteiger partial charge in [0.15, 0.2) is 17.6 Å². The van der Waals surface area contributed by atoms with Crippen LogP contribution in [0.4, 0.5) is 17.5 Å². The minimum absolute atomic E-state index is 0. The zero-order chi connectivity index (χ0) is 67.8. The number of aldehydes is 1. The van der Waals surface area contributed by atoms with Crippen LogP contribution in [0.3, 0.4) is 0 Å². The number of fused-ring (bicyclic) bond motifs is 2. The Kier molecular flexibility index (Phi) is 29.8. The molecule has 8 N–H and O–H groups in total. The average Bonchev–Trinajstić information content (AvgIpc) is 0.748. The van der Waals surface area contributed by atoms with E-state index in [1.54, 1.807) is 84.9 Å². The number of hydrogen-bond donors (Lipinski definition) is 4. The number of nitriles is 5. The Labute approximate surface area is 564 Å². The number of carbonyl (C=O) groups excluding carboxylic acids is 1. The van der Waals surface area contributed by atoms with Crippen LogP contribution >= 0.6 is 92.8 Å². The topological polar surface area (TPSA) is 398 Å². The van der Waals surface area contributed by atoms with Crippen molar-refractivity contribution in [3.05, 3.63) is 209 Å². The highest BCUT2D eigenvalue weighted by molar-refractivity contribution is 6.37. The molecule has 0 aliphatic heterocycles. The van der Waals surface area contributed by atoms with Gasteiger partial charge in [-0.2, -0.15) is 26.3 Å². The number of pyridine rings is 2. The molecule has 0 saturated carbocycles. The molecule has 0 aliphatic carbocycles. The summed E-state index contributed by atoms with van der Waals surface area (Å²) in [6, 6.07) is 29.1. The summed E-state index contributed by atoms with van der Waals surface area (Å²) in [6.45, 7) is 0.0406. The quantitative estimate of drug-likeness (QED) is 0.0918. The minimum Gasteiger partial charge on any atom is -0.385 e. The molecule has 9 aromatic rings. The van der Waals surface area contributed by atoms with E-state index >= 15 is 0 Å². The lowest BCUT2D eigenvalue weighted by Gasteiger charge is -2.17. The number of benzene rings is 4. The Bertz CT molecular complexity index is 4950. The van der Waals surface area contributed by atoms with Crippen LogP contribution in [0.5, 0.6) is 0 Å². The summed E-state index contributed by atoms with van der Waals surface area (Å²) in [5.41, 5.74) is 23.3. The molecule has 5 heterocycles. The molecular formula is C60H53Cl8N17O7.